The van der Waals surface area contributed by atoms with Crippen molar-refractivity contribution in [2.45, 2.75) is 18.9 Å². The minimum Gasteiger partial charge on any atom is -0.339 e. The number of benzene rings is 1. The molecule has 1 heterocycles. The average molecular weight is 361 g/mol. The zero-order chi connectivity index (χ0) is 17.0. The number of carbonyl (C=O) groups excluding carboxylic acids is 1. The number of hydrogen-bond acceptors (Lipinski definition) is 3. The molecule has 0 unspecified atom stereocenters. The molecule has 0 spiro atoms. The van der Waals surface area contributed by atoms with Crippen molar-refractivity contribution in [3.63, 3.8) is 0 Å². The lowest BCUT2D eigenvalue weighted by molar-refractivity contribution is -0.126. The highest BCUT2D eigenvalue weighted by Crippen LogP contribution is 2.20. The topological polar surface area (TPSA) is 66.5 Å². The predicted octanol–water partition coefficient (Wildman–Crippen LogP) is 2.03. The second-order valence-corrected chi connectivity index (χ2v) is 7.65. The van der Waals surface area contributed by atoms with Gasteiger partial charge in [-0.15, -0.1) is 0 Å². The van der Waals surface area contributed by atoms with Crippen molar-refractivity contribution in [3.8, 4) is 0 Å². The molecule has 5 nitrogen and oxygen atoms in total. The van der Waals surface area contributed by atoms with E-state index in [1.165, 1.54) is 24.3 Å². The van der Waals surface area contributed by atoms with Crippen molar-refractivity contribution in [3.05, 3.63) is 40.7 Å². The van der Waals surface area contributed by atoms with Crippen LogP contribution >= 0.6 is 11.6 Å². The fraction of sp³-hybridized carbons (Fsp3) is 0.400. The van der Waals surface area contributed by atoms with E-state index in [4.69, 9.17) is 11.6 Å². The Balaban J connectivity index is 1.94. The molecule has 1 amide bonds. The molecule has 23 heavy (non-hydrogen) atoms. The Bertz CT molecular complexity index is 693. The highest BCUT2D eigenvalue weighted by atomic mass is 35.5. The Kier molecular flexibility index (Phi) is 5.78. The summed E-state index contributed by atoms with van der Waals surface area (Å²) >= 11 is 5.90. The van der Waals surface area contributed by atoms with E-state index >= 15 is 0 Å². The Hall–Kier alpha value is -1.44. The second kappa shape index (κ2) is 7.42. The Morgan fingerprint density at radius 3 is 2.61 bits per heavy atom. The summed E-state index contributed by atoms with van der Waals surface area (Å²) in [7, 11) is -3.24. The molecule has 1 aliphatic rings. The molecule has 0 bridgehead atoms. The fourth-order valence-corrected chi connectivity index (χ4v) is 3.52. The van der Waals surface area contributed by atoms with Crippen molar-refractivity contribution >= 4 is 33.6 Å². The standard InChI is InChI=1S/C15H18ClFN2O3S/c1-23(21,22)18-11-7-9-19(10-8-11)15(20)6-5-12-13(16)3-2-4-14(12)17/h2-6,11,18H,7-10H2,1H3/b6-5+. The van der Waals surface area contributed by atoms with Crippen molar-refractivity contribution < 1.29 is 17.6 Å². The third-order valence-electron chi connectivity index (χ3n) is 3.58. The van der Waals surface area contributed by atoms with Crippen molar-refractivity contribution in [2.75, 3.05) is 19.3 Å². The predicted molar refractivity (Wildman–Crippen MR) is 88.0 cm³/mol. The molecule has 1 aromatic carbocycles. The summed E-state index contributed by atoms with van der Waals surface area (Å²) in [6.07, 6.45) is 4.86. The number of likely N-dealkylation sites (tertiary alicyclic amines) is 1. The van der Waals surface area contributed by atoms with E-state index in [-0.39, 0.29) is 22.5 Å². The summed E-state index contributed by atoms with van der Waals surface area (Å²) in [6, 6.07) is 4.17. The molecular weight excluding hydrogens is 343 g/mol. The van der Waals surface area contributed by atoms with Crippen LogP contribution in [0, 0.1) is 5.82 Å². The first-order chi connectivity index (χ1) is 10.8. The van der Waals surface area contributed by atoms with Gasteiger partial charge in [0.1, 0.15) is 5.82 Å². The molecule has 1 saturated heterocycles. The van der Waals surface area contributed by atoms with E-state index in [0.29, 0.717) is 25.9 Å². The van der Waals surface area contributed by atoms with Crippen LogP contribution in [0.3, 0.4) is 0 Å². The van der Waals surface area contributed by atoms with Crippen molar-refractivity contribution in [1.29, 1.82) is 0 Å². The smallest absolute Gasteiger partial charge is 0.246 e. The van der Waals surface area contributed by atoms with E-state index in [9.17, 15) is 17.6 Å². The van der Waals surface area contributed by atoms with Crippen LogP contribution < -0.4 is 4.72 Å². The van der Waals surface area contributed by atoms with E-state index in [0.717, 1.165) is 6.26 Å². The van der Waals surface area contributed by atoms with Crippen LogP contribution in [-0.4, -0.2) is 44.6 Å². The van der Waals surface area contributed by atoms with Crippen LogP contribution in [0.15, 0.2) is 24.3 Å². The molecule has 0 aromatic heterocycles. The first-order valence-electron chi connectivity index (χ1n) is 7.14. The first kappa shape index (κ1) is 17.9. The molecule has 1 fully saturated rings. The lowest BCUT2D eigenvalue weighted by Crippen LogP contribution is -2.45. The molecule has 0 aliphatic carbocycles. The fourth-order valence-electron chi connectivity index (χ4n) is 2.45. The molecule has 2 rings (SSSR count). The maximum atomic E-state index is 13.6. The van der Waals surface area contributed by atoms with E-state index in [2.05, 4.69) is 4.72 Å². The summed E-state index contributed by atoms with van der Waals surface area (Å²) in [5.41, 5.74) is 0.177. The van der Waals surface area contributed by atoms with Crippen LogP contribution in [0.2, 0.25) is 5.02 Å². The van der Waals surface area contributed by atoms with Gasteiger partial charge in [-0.05, 0) is 31.1 Å². The van der Waals surface area contributed by atoms with Crippen LogP contribution in [-0.2, 0) is 14.8 Å². The first-order valence-corrected chi connectivity index (χ1v) is 9.41. The molecule has 0 saturated carbocycles. The maximum absolute atomic E-state index is 13.6. The number of rotatable bonds is 4. The Morgan fingerprint density at radius 2 is 2.04 bits per heavy atom. The van der Waals surface area contributed by atoms with Gasteiger partial charge in [0.05, 0.1) is 11.3 Å². The van der Waals surface area contributed by atoms with Crippen LogP contribution in [0.5, 0.6) is 0 Å². The van der Waals surface area contributed by atoms with Crippen molar-refractivity contribution in [1.82, 2.24) is 9.62 Å². The van der Waals surface area contributed by atoms with E-state index < -0.39 is 15.8 Å². The Labute approximate surface area is 140 Å². The molecule has 8 heteroatoms. The molecule has 1 aliphatic heterocycles. The van der Waals surface area contributed by atoms with Crippen molar-refractivity contribution in [2.24, 2.45) is 0 Å². The summed E-state index contributed by atoms with van der Waals surface area (Å²) in [5, 5.41) is 0.241. The lowest BCUT2D eigenvalue weighted by atomic mass is 10.1. The van der Waals surface area contributed by atoms with E-state index in [1.54, 1.807) is 11.0 Å². The quantitative estimate of drug-likeness (QED) is 0.835. The minimum absolute atomic E-state index is 0.154. The van der Waals surface area contributed by atoms with Crippen LogP contribution in [0.4, 0.5) is 4.39 Å². The maximum Gasteiger partial charge on any atom is 0.246 e. The average Bonchev–Trinajstić information content (AvgIpc) is 2.45. The van der Waals surface area contributed by atoms with Gasteiger partial charge in [-0.3, -0.25) is 4.79 Å². The minimum atomic E-state index is -3.24. The summed E-state index contributed by atoms with van der Waals surface area (Å²) in [5.74, 6) is -0.736. The number of halogens is 2. The van der Waals surface area contributed by atoms with Gasteiger partial charge in [0.15, 0.2) is 0 Å². The van der Waals surface area contributed by atoms with Gasteiger partial charge in [-0.25, -0.2) is 17.5 Å². The zero-order valence-electron chi connectivity index (χ0n) is 12.6. The molecule has 0 atom stereocenters. The number of hydrogen-bond donors (Lipinski definition) is 1. The van der Waals surface area contributed by atoms with Gasteiger partial charge in [-0.2, -0.15) is 0 Å². The largest absolute Gasteiger partial charge is 0.339 e. The van der Waals surface area contributed by atoms with Gasteiger partial charge in [0.2, 0.25) is 15.9 Å². The molecule has 1 N–H and O–H groups in total. The highest BCUT2D eigenvalue weighted by molar-refractivity contribution is 7.88. The number of sulfonamides is 1. The second-order valence-electron chi connectivity index (χ2n) is 5.46. The SMILES string of the molecule is CS(=O)(=O)NC1CCN(C(=O)/C=C/c2c(F)cccc2Cl)CC1. The van der Waals surface area contributed by atoms with E-state index in [1.807, 2.05) is 0 Å². The third-order valence-corrected chi connectivity index (χ3v) is 4.67. The zero-order valence-corrected chi connectivity index (χ0v) is 14.2. The molecule has 1 aromatic rings. The number of piperidine rings is 1. The Morgan fingerprint density at radius 1 is 1.39 bits per heavy atom. The van der Waals surface area contributed by atoms with Crippen LogP contribution in [0.25, 0.3) is 6.08 Å². The summed E-state index contributed by atoms with van der Waals surface area (Å²) in [6.45, 7) is 0.892. The number of amides is 1. The number of nitrogens with one attached hydrogen (secondary N) is 1. The van der Waals surface area contributed by atoms with Gasteiger partial charge in [0.25, 0.3) is 0 Å². The third kappa shape index (κ3) is 5.30. The highest BCUT2D eigenvalue weighted by Gasteiger charge is 2.23. The lowest BCUT2D eigenvalue weighted by Gasteiger charge is -2.31. The van der Waals surface area contributed by atoms with Gasteiger partial charge in [-0.1, -0.05) is 17.7 Å². The van der Waals surface area contributed by atoms with Gasteiger partial charge < -0.3 is 4.90 Å². The molecular formula is C15H18ClFN2O3S. The normalized spacial score (nSPS) is 16.9. The van der Waals surface area contributed by atoms with Gasteiger partial charge >= 0.3 is 0 Å². The number of nitrogens with zero attached hydrogens (tertiary/aromatic N) is 1. The van der Waals surface area contributed by atoms with Gasteiger partial charge in [0, 0.05) is 30.8 Å². The summed E-state index contributed by atoms with van der Waals surface area (Å²) in [4.78, 5) is 13.7. The monoisotopic (exact) mass is 360 g/mol. The molecule has 0 radical (unpaired) electrons. The molecule has 126 valence electrons. The summed E-state index contributed by atoms with van der Waals surface area (Å²) < 4.78 is 38.5. The van der Waals surface area contributed by atoms with Crippen LogP contribution in [0.1, 0.15) is 18.4 Å². The number of carbonyl (C=O) groups is 1.